The lowest BCUT2D eigenvalue weighted by Gasteiger charge is -2.40. The van der Waals surface area contributed by atoms with Crippen molar-refractivity contribution in [2.45, 2.75) is 31.4 Å². The Kier molecular flexibility index (Phi) is 5.41. The van der Waals surface area contributed by atoms with Crippen LogP contribution in [0.5, 0.6) is 5.75 Å². The van der Waals surface area contributed by atoms with Gasteiger partial charge in [0.15, 0.2) is 6.61 Å². The molecule has 2 aliphatic rings. The first-order valence-corrected chi connectivity index (χ1v) is 8.46. The number of rotatable bonds is 4. The Hall–Kier alpha value is -1.30. The van der Waals surface area contributed by atoms with Crippen molar-refractivity contribution in [1.29, 1.82) is 0 Å². The van der Waals surface area contributed by atoms with Crippen LogP contribution in [-0.2, 0) is 9.53 Å². The van der Waals surface area contributed by atoms with E-state index in [1.165, 1.54) is 0 Å². The predicted octanol–water partition coefficient (Wildman–Crippen LogP) is 2.11. The molecular formula is C17H22ClNO4. The number of carbonyl (C=O) groups is 1. The lowest BCUT2D eigenvalue weighted by atomic mass is 9.94. The summed E-state index contributed by atoms with van der Waals surface area (Å²) in [4.78, 5) is 14.4. The molecule has 2 fully saturated rings. The highest BCUT2D eigenvalue weighted by molar-refractivity contribution is 6.30. The second-order valence-corrected chi connectivity index (χ2v) is 6.57. The van der Waals surface area contributed by atoms with Gasteiger partial charge in [0, 0.05) is 17.5 Å². The summed E-state index contributed by atoms with van der Waals surface area (Å²) >= 11 is 5.91. The van der Waals surface area contributed by atoms with Gasteiger partial charge in [-0.2, -0.15) is 0 Å². The van der Waals surface area contributed by atoms with Gasteiger partial charge < -0.3 is 19.5 Å². The van der Waals surface area contributed by atoms with Crippen LogP contribution >= 0.6 is 11.6 Å². The summed E-state index contributed by atoms with van der Waals surface area (Å²) in [5, 5.41) is 10.7. The van der Waals surface area contributed by atoms with E-state index in [1.54, 1.807) is 24.3 Å². The molecule has 0 aromatic heterocycles. The third-order valence-electron chi connectivity index (χ3n) is 4.67. The average Bonchev–Trinajstić information content (AvgIpc) is 2.98. The van der Waals surface area contributed by atoms with Gasteiger partial charge in [-0.3, -0.25) is 4.79 Å². The second-order valence-electron chi connectivity index (χ2n) is 6.14. The summed E-state index contributed by atoms with van der Waals surface area (Å²) in [6.07, 6.45) is 2.41. The van der Waals surface area contributed by atoms with Crippen LogP contribution in [0.2, 0.25) is 5.02 Å². The van der Waals surface area contributed by atoms with Crippen molar-refractivity contribution in [2.24, 2.45) is 5.92 Å². The number of hydrogen-bond acceptors (Lipinski definition) is 4. The Balaban J connectivity index is 1.62. The van der Waals surface area contributed by atoms with E-state index in [-0.39, 0.29) is 30.6 Å². The van der Waals surface area contributed by atoms with E-state index in [0.29, 0.717) is 30.5 Å². The molecule has 1 amide bonds. The number of hydrogen-bond donors (Lipinski definition) is 1. The number of nitrogens with zero attached hydrogens (tertiary/aromatic N) is 1. The van der Waals surface area contributed by atoms with Crippen LogP contribution in [0.25, 0.3) is 0 Å². The minimum atomic E-state index is -0.342. The number of benzene rings is 1. The highest BCUT2D eigenvalue weighted by Crippen LogP contribution is 2.32. The van der Waals surface area contributed by atoms with Crippen LogP contribution in [0.1, 0.15) is 19.3 Å². The number of amides is 1. The zero-order chi connectivity index (χ0) is 16.2. The summed E-state index contributed by atoms with van der Waals surface area (Å²) in [7, 11) is 0. The molecule has 1 saturated carbocycles. The highest BCUT2D eigenvalue weighted by atomic mass is 35.5. The molecule has 0 unspecified atom stereocenters. The fourth-order valence-electron chi connectivity index (χ4n) is 3.49. The molecule has 5 nitrogen and oxygen atoms in total. The van der Waals surface area contributed by atoms with E-state index in [1.807, 2.05) is 4.90 Å². The lowest BCUT2D eigenvalue weighted by molar-refractivity contribution is -0.146. The first kappa shape index (κ1) is 16.6. The third-order valence-corrected chi connectivity index (χ3v) is 4.91. The van der Waals surface area contributed by atoms with E-state index in [2.05, 4.69) is 0 Å². The SMILES string of the molecule is O=C(COc1cccc(Cl)c1)N1CCOC[C@@H]1[C@@H]1CCC[C@@H]1O. The fourth-order valence-corrected chi connectivity index (χ4v) is 3.67. The largest absolute Gasteiger partial charge is 0.484 e. The summed E-state index contributed by atoms with van der Waals surface area (Å²) < 4.78 is 11.1. The molecule has 1 aliphatic carbocycles. The van der Waals surface area contributed by atoms with Crippen molar-refractivity contribution in [3.8, 4) is 5.75 Å². The van der Waals surface area contributed by atoms with Crippen LogP contribution in [0.4, 0.5) is 0 Å². The van der Waals surface area contributed by atoms with Gasteiger partial charge in [-0.15, -0.1) is 0 Å². The first-order valence-electron chi connectivity index (χ1n) is 8.09. The summed E-state index contributed by atoms with van der Waals surface area (Å²) in [6, 6.07) is 6.95. The Bertz CT molecular complexity index is 553. The van der Waals surface area contributed by atoms with Crippen molar-refractivity contribution in [3.63, 3.8) is 0 Å². The molecule has 3 atom stereocenters. The van der Waals surface area contributed by atoms with Crippen molar-refractivity contribution < 1.29 is 19.4 Å². The zero-order valence-electron chi connectivity index (χ0n) is 13.0. The number of aliphatic hydroxyl groups excluding tert-OH is 1. The van der Waals surface area contributed by atoms with Crippen LogP contribution < -0.4 is 4.74 Å². The summed E-state index contributed by atoms with van der Waals surface area (Å²) in [6.45, 7) is 1.54. The Morgan fingerprint density at radius 1 is 1.43 bits per heavy atom. The normalized spacial score (nSPS) is 27.9. The van der Waals surface area contributed by atoms with Gasteiger partial charge in [-0.25, -0.2) is 0 Å². The second kappa shape index (κ2) is 7.51. The molecule has 0 radical (unpaired) electrons. The molecule has 1 N–H and O–H groups in total. The quantitative estimate of drug-likeness (QED) is 0.912. The van der Waals surface area contributed by atoms with Crippen molar-refractivity contribution >= 4 is 17.5 Å². The van der Waals surface area contributed by atoms with Crippen LogP contribution in [-0.4, -0.2) is 54.4 Å². The monoisotopic (exact) mass is 339 g/mol. The zero-order valence-corrected chi connectivity index (χ0v) is 13.7. The van der Waals surface area contributed by atoms with Gasteiger partial charge in [0.05, 0.1) is 25.4 Å². The van der Waals surface area contributed by atoms with Gasteiger partial charge in [0.25, 0.3) is 5.91 Å². The van der Waals surface area contributed by atoms with Crippen molar-refractivity contribution in [2.75, 3.05) is 26.4 Å². The third kappa shape index (κ3) is 3.97. The van der Waals surface area contributed by atoms with Crippen molar-refractivity contribution in [3.05, 3.63) is 29.3 Å². The van der Waals surface area contributed by atoms with E-state index in [9.17, 15) is 9.90 Å². The number of aliphatic hydroxyl groups is 1. The van der Waals surface area contributed by atoms with Gasteiger partial charge >= 0.3 is 0 Å². The Labute approximate surface area is 141 Å². The Morgan fingerprint density at radius 2 is 2.30 bits per heavy atom. The van der Waals surface area contributed by atoms with Crippen LogP contribution in [0.3, 0.4) is 0 Å². The molecule has 1 saturated heterocycles. The molecule has 0 spiro atoms. The van der Waals surface area contributed by atoms with Gasteiger partial charge in [-0.05, 0) is 31.0 Å². The molecule has 1 heterocycles. The Morgan fingerprint density at radius 3 is 3.04 bits per heavy atom. The molecule has 3 rings (SSSR count). The minimum absolute atomic E-state index is 0.0281. The smallest absolute Gasteiger partial charge is 0.260 e. The fraction of sp³-hybridized carbons (Fsp3) is 0.588. The highest BCUT2D eigenvalue weighted by Gasteiger charge is 2.39. The number of halogens is 1. The maximum atomic E-state index is 12.6. The standard InChI is InChI=1S/C17H22ClNO4/c18-12-3-1-4-13(9-12)23-11-17(21)19-7-8-22-10-15(19)14-5-2-6-16(14)20/h1,3-4,9,14-16,20H,2,5-8,10-11H2/t14-,15+,16-/m0/s1. The maximum absolute atomic E-state index is 12.6. The predicted molar refractivity (Wildman–Crippen MR) is 86.6 cm³/mol. The van der Waals surface area contributed by atoms with Crippen molar-refractivity contribution in [1.82, 2.24) is 4.90 Å². The van der Waals surface area contributed by atoms with E-state index in [0.717, 1.165) is 19.3 Å². The van der Waals surface area contributed by atoms with Gasteiger partial charge in [-0.1, -0.05) is 24.1 Å². The molecule has 0 bridgehead atoms. The molecule has 1 aliphatic heterocycles. The van der Waals surface area contributed by atoms with Crippen LogP contribution in [0.15, 0.2) is 24.3 Å². The molecule has 23 heavy (non-hydrogen) atoms. The molecule has 1 aromatic rings. The molecule has 6 heteroatoms. The summed E-state index contributed by atoms with van der Waals surface area (Å²) in [5.74, 6) is 0.611. The lowest BCUT2D eigenvalue weighted by Crippen LogP contribution is -2.54. The number of carbonyl (C=O) groups excluding carboxylic acids is 1. The van der Waals surface area contributed by atoms with Gasteiger partial charge in [0.1, 0.15) is 5.75 Å². The average molecular weight is 340 g/mol. The topological polar surface area (TPSA) is 59.0 Å². The first-order chi connectivity index (χ1) is 11.1. The van der Waals surface area contributed by atoms with E-state index in [4.69, 9.17) is 21.1 Å². The van der Waals surface area contributed by atoms with Gasteiger partial charge in [0.2, 0.25) is 0 Å². The van der Waals surface area contributed by atoms with Crippen LogP contribution in [0, 0.1) is 5.92 Å². The number of morpholine rings is 1. The van der Waals surface area contributed by atoms with E-state index >= 15 is 0 Å². The minimum Gasteiger partial charge on any atom is -0.484 e. The van der Waals surface area contributed by atoms with E-state index < -0.39 is 0 Å². The molecular weight excluding hydrogens is 318 g/mol. The summed E-state index contributed by atoms with van der Waals surface area (Å²) in [5.41, 5.74) is 0. The molecule has 126 valence electrons. The number of ether oxygens (including phenoxy) is 2. The molecule has 1 aromatic carbocycles. The maximum Gasteiger partial charge on any atom is 0.260 e.